The van der Waals surface area contributed by atoms with Gasteiger partial charge >= 0.3 is 11.3 Å². The van der Waals surface area contributed by atoms with Crippen molar-refractivity contribution in [3.8, 4) is 0 Å². The first-order chi connectivity index (χ1) is 4.83. The molecule has 0 bridgehead atoms. The Hall–Kier alpha value is -0.330. The van der Waals surface area contributed by atoms with Gasteiger partial charge in [-0.15, -0.1) is 0 Å². The van der Waals surface area contributed by atoms with Gasteiger partial charge in [-0.2, -0.15) is 17.6 Å². The normalized spacial score (nSPS) is 11.8. The van der Waals surface area contributed by atoms with Crippen molar-refractivity contribution in [3.63, 3.8) is 0 Å². The molecule has 0 aliphatic rings. The Bertz CT molecular complexity index is 146. The zero-order valence-electron chi connectivity index (χ0n) is 5.08. The minimum Gasteiger partial charge on any atom is -0.344 e. The van der Waals surface area contributed by atoms with Crippen LogP contribution in [0.15, 0.2) is 0 Å². The monoisotopic (exact) mass is 237 g/mol. The van der Waals surface area contributed by atoms with Gasteiger partial charge in [-0.05, 0) is 15.9 Å². The maximum absolute atomic E-state index is 11.8. The lowest BCUT2D eigenvalue weighted by molar-refractivity contribution is -0.132. The average Bonchev–Trinajstić information content (AvgIpc) is 1.80. The zero-order chi connectivity index (χ0) is 9.07. The van der Waals surface area contributed by atoms with Crippen LogP contribution in [0.2, 0.25) is 0 Å². The second-order valence-electron chi connectivity index (χ2n) is 1.63. The molecule has 0 aromatic heterocycles. The first-order valence-corrected chi connectivity index (χ1v) is 3.25. The topological polar surface area (TPSA) is 29.1 Å². The van der Waals surface area contributed by atoms with Crippen LogP contribution in [-0.4, -0.2) is 23.7 Å². The van der Waals surface area contributed by atoms with Crippen molar-refractivity contribution in [1.82, 2.24) is 5.32 Å². The molecule has 0 aromatic rings. The largest absolute Gasteiger partial charge is 0.344 e. The second-order valence-corrected chi connectivity index (χ2v) is 2.79. The maximum atomic E-state index is 11.8. The number of carbonyl (C=O) groups is 1. The highest BCUT2D eigenvalue weighted by Gasteiger charge is 2.26. The first kappa shape index (κ1) is 10.7. The van der Waals surface area contributed by atoms with E-state index in [0.717, 1.165) is 0 Å². The van der Waals surface area contributed by atoms with E-state index in [4.69, 9.17) is 0 Å². The Morgan fingerprint density at radius 2 is 2.00 bits per heavy atom. The summed E-state index contributed by atoms with van der Waals surface area (Å²) in [5, 5.41) is 1.34. The molecule has 0 saturated heterocycles. The molecular weight excluding hydrogens is 234 g/mol. The third-order valence-corrected chi connectivity index (χ3v) is 0.942. The molecule has 0 aromatic carbocycles. The molecule has 2 nitrogen and oxygen atoms in total. The van der Waals surface area contributed by atoms with Gasteiger partial charge in [-0.3, -0.25) is 4.79 Å². The van der Waals surface area contributed by atoms with E-state index in [-0.39, 0.29) is 0 Å². The van der Waals surface area contributed by atoms with Gasteiger partial charge < -0.3 is 5.32 Å². The highest BCUT2D eigenvalue weighted by molar-refractivity contribution is 9.10. The molecule has 1 amide bonds. The Balaban J connectivity index is 3.64. The van der Waals surface area contributed by atoms with Crippen LogP contribution in [0.25, 0.3) is 0 Å². The van der Waals surface area contributed by atoms with Crippen LogP contribution in [0, 0.1) is 0 Å². The lowest BCUT2D eigenvalue weighted by Gasteiger charge is -2.08. The summed E-state index contributed by atoms with van der Waals surface area (Å²) in [5.41, 5.74) is 0. The summed E-state index contributed by atoms with van der Waals surface area (Å²) >= 11 is 1.86. The summed E-state index contributed by atoms with van der Waals surface area (Å²) in [7, 11) is 0. The van der Waals surface area contributed by atoms with E-state index in [2.05, 4.69) is 0 Å². The molecule has 66 valence electrons. The summed E-state index contributed by atoms with van der Waals surface area (Å²) in [6, 6.07) is 0. The number of amides is 1. The molecule has 0 unspecified atom stereocenters. The van der Waals surface area contributed by atoms with Crippen molar-refractivity contribution >= 4 is 21.8 Å². The van der Waals surface area contributed by atoms with Crippen LogP contribution in [-0.2, 0) is 4.79 Å². The zero-order valence-corrected chi connectivity index (χ0v) is 6.67. The molecule has 0 saturated carbocycles. The third-order valence-electron chi connectivity index (χ3n) is 0.661. The average molecular weight is 238 g/mol. The van der Waals surface area contributed by atoms with E-state index < -0.39 is 23.7 Å². The molecule has 7 heteroatoms. The Labute approximate surface area is 68.1 Å². The number of carbonyl (C=O) groups excluding carboxylic acids is 1. The van der Waals surface area contributed by atoms with Crippen molar-refractivity contribution in [2.24, 2.45) is 0 Å². The smallest absolute Gasteiger partial charge is 0.318 e. The summed E-state index contributed by atoms with van der Waals surface area (Å²) in [6.45, 7) is -1.14. The van der Waals surface area contributed by atoms with E-state index in [0.29, 0.717) is 0 Å². The lowest BCUT2D eigenvalue weighted by atomic mass is 10.6. The standard InChI is InChI=1S/C4H4BrF4NO/c5-4(8,9)1-10-3(11)2(6)7/h2H,1H2,(H,10,11). The van der Waals surface area contributed by atoms with Crippen LogP contribution in [0.1, 0.15) is 0 Å². The van der Waals surface area contributed by atoms with Gasteiger partial charge in [0.1, 0.15) is 0 Å². The Morgan fingerprint density at radius 1 is 1.55 bits per heavy atom. The Kier molecular flexibility index (Phi) is 3.77. The predicted molar refractivity (Wildman–Crippen MR) is 32.9 cm³/mol. The molecule has 0 aliphatic heterocycles. The number of halogens is 5. The third kappa shape index (κ3) is 6.08. The van der Waals surface area contributed by atoms with Crippen LogP contribution >= 0.6 is 15.9 Å². The minimum atomic E-state index is -3.34. The molecule has 1 N–H and O–H groups in total. The molecule has 0 radical (unpaired) electrons. The van der Waals surface area contributed by atoms with Gasteiger partial charge in [0.2, 0.25) is 0 Å². The molecule has 11 heavy (non-hydrogen) atoms. The van der Waals surface area contributed by atoms with Crippen molar-refractivity contribution in [3.05, 3.63) is 0 Å². The van der Waals surface area contributed by atoms with Gasteiger partial charge in [-0.25, -0.2) is 0 Å². The van der Waals surface area contributed by atoms with Crippen molar-refractivity contribution in [2.75, 3.05) is 6.54 Å². The lowest BCUT2D eigenvalue weighted by Crippen LogP contribution is -2.36. The maximum Gasteiger partial charge on any atom is 0.318 e. The van der Waals surface area contributed by atoms with E-state index in [1.807, 2.05) is 15.9 Å². The van der Waals surface area contributed by atoms with Crippen molar-refractivity contribution in [2.45, 2.75) is 11.3 Å². The van der Waals surface area contributed by atoms with Crippen LogP contribution in [0.3, 0.4) is 0 Å². The minimum absolute atomic E-state index is 1.14. The predicted octanol–water partition coefficient (Wildman–Crippen LogP) is 1.36. The van der Waals surface area contributed by atoms with E-state index in [1.54, 1.807) is 0 Å². The molecular formula is C4H4BrF4NO. The summed E-state index contributed by atoms with van der Waals surface area (Å²) in [4.78, 5) is 6.64. The van der Waals surface area contributed by atoms with Gasteiger partial charge in [0.15, 0.2) is 0 Å². The van der Waals surface area contributed by atoms with E-state index in [1.165, 1.54) is 5.32 Å². The number of rotatable bonds is 3. The van der Waals surface area contributed by atoms with Crippen molar-refractivity contribution in [1.29, 1.82) is 0 Å². The molecule has 0 aliphatic carbocycles. The number of hydrogen-bond donors (Lipinski definition) is 1. The number of nitrogens with one attached hydrogen (secondary N) is 1. The van der Waals surface area contributed by atoms with Crippen LogP contribution in [0.4, 0.5) is 17.6 Å². The fourth-order valence-electron chi connectivity index (χ4n) is 0.264. The Morgan fingerprint density at radius 3 is 2.27 bits per heavy atom. The summed E-state index contributed by atoms with van der Waals surface area (Å²) in [5.74, 6) is -1.70. The van der Waals surface area contributed by atoms with Gasteiger partial charge in [0.25, 0.3) is 5.91 Å². The molecule has 0 heterocycles. The quantitative estimate of drug-likeness (QED) is 0.583. The molecule has 0 rings (SSSR count). The SMILES string of the molecule is O=C(NCC(F)(F)Br)C(F)F. The molecule has 0 spiro atoms. The molecule has 0 atom stereocenters. The van der Waals surface area contributed by atoms with Gasteiger partial charge in [0, 0.05) is 0 Å². The van der Waals surface area contributed by atoms with Gasteiger partial charge in [0.05, 0.1) is 6.54 Å². The first-order valence-electron chi connectivity index (χ1n) is 2.45. The second kappa shape index (κ2) is 3.89. The highest BCUT2D eigenvalue weighted by atomic mass is 79.9. The van der Waals surface area contributed by atoms with Crippen LogP contribution in [0.5, 0.6) is 0 Å². The summed E-state index contributed by atoms with van der Waals surface area (Å²) in [6.07, 6.45) is -3.26. The fraction of sp³-hybridized carbons (Fsp3) is 0.750. The summed E-state index contributed by atoms with van der Waals surface area (Å²) < 4.78 is 46.3. The van der Waals surface area contributed by atoms with Gasteiger partial charge in [-0.1, -0.05) is 0 Å². The van der Waals surface area contributed by atoms with Crippen molar-refractivity contribution < 1.29 is 22.4 Å². The van der Waals surface area contributed by atoms with Crippen LogP contribution < -0.4 is 5.32 Å². The highest BCUT2D eigenvalue weighted by Crippen LogP contribution is 2.19. The molecule has 0 fully saturated rings. The number of hydrogen-bond acceptors (Lipinski definition) is 1. The number of alkyl halides is 5. The van der Waals surface area contributed by atoms with E-state index in [9.17, 15) is 22.4 Å². The van der Waals surface area contributed by atoms with E-state index >= 15 is 0 Å². The fourth-order valence-corrected chi connectivity index (χ4v) is 0.405.